The number of benzene rings is 1. The molecule has 0 aromatic heterocycles. The van der Waals surface area contributed by atoms with E-state index in [2.05, 4.69) is 0 Å². The van der Waals surface area contributed by atoms with Crippen LogP contribution in [0, 0.1) is 0 Å². The summed E-state index contributed by atoms with van der Waals surface area (Å²) in [6, 6.07) is 8.70. The first-order valence-electron chi connectivity index (χ1n) is 4.02. The van der Waals surface area contributed by atoms with Gasteiger partial charge in [-0.25, -0.2) is 0 Å². The Balaban J connectivity index is 2.54. The van der Waals surface area contributed by atoms with Crippen LogP contribution in [-0.2, 0) is 16.8 Å². The summed E-state index contributed by atoms with van der Waals surface area (Å²) in [6.07, 6.45) is -1.87. The van der Waals surface area contributed by atoms with Crippen LogP contribution in [0.3, 0.4) is 0 Å². The molecular weight excluding hydrogens is 220 g/mol. The van der Waals surface area contributed by atoms with Crippen LogP contribution in [0.2, 0.25) is 0 Å². The Morgan fingerprint density at radius 1 is 1.27 bits per heavy atom. The standard InChI is InChI=1S/C8H10N2O4S/c11-8(12)10-15(13,14)9-6-7-4-2-1-3-5-7/h1-5,9-10H,6H2,(H,11,12)/p-1. The first-order valence-corrected chi connectivity index (χ1v) is 5.50. The smallest absolute Gasteiger partial charge is 0.300 e. The fourth-order valence-electron chi connectivity index (χ4n) is 0.920. The van der Waals surface area contributed by atoms with E-state index in [0.29, 0.717) is 0 Å². The van der Waals surface area contributed by atoms with Gasteiger partial charge in [-0.05, 0) is 5.56 Å². The summed E-state index contributed by atoms with van der Waals surface area (Å²) in [5.41, 5.74) is 0.723. The van der Waals surface area contributed by atoms with Crippen molar-refractivity contribution in [2.45, 2.75) is 6.54 Å². The summed E-state index contributed by atoms with van der Waals surface area (Å²) in [5, 5.41) is 9.98. The van der Waals surface area contributed by atoms with Crippen LogP contribution >= 0.6 is 0 Å². The largest absolute Gasteiger partial charge is 0.529 e. The SMILES string of the molecule is O=C([O-])NS(=O)(=O)NCc1ccccc1. The van der Waals surface area contributed by atoms with Gasteiger partial charge in [-0.1, -0.05) is 30.3 Å². The maximum atomic E-state index is 11.0. The van der Waals surface area contributed by atoms with E-state index in [1.165, 1.54) is 4.72 Å². The molecule has 0 saturated carbocycles. The van der Waals surface area contributed by atoms with Crippen molar-refractivity contribution in [2.24, 2.45) is 0 Å². The molecule has 0 aliphatic heterocycles. The van der Waals surface area contributed by atoms with Crippen molar-refractivity contribution in [3.8, 4) is 0 Å². The Hall–Kier alpha value is -1.60. The monoisotopic (exact) mass is 229 g/mol. The van der Waals surface area contributed by atoms with Crippen molar-refractivity contribution < 1.29 is 18.3 Å². The van der Waals surface area contributed by atoms with Crippen molar-refractivity contribution in [1.82, 2.24) is 9.44 Å². The molecule has 0 atom stereocenters. The van der Waals surface area contributed by atoms with E-state index < -0.39 is 16.3 Å². The first-order chi connectivity index (χ1) is 6.99. The number of nitrogens with one attached hydrogen (secondary N) is 2. The molecule has 15 heavy (non-hydrogen) atoms. The molecule has 0 unspecified atom stereocenters. The minimum atomic E-state index is -4.04. The topological polar surface area (TPSA) is 98.3 Å². The maximum Gasteiger partial charge on any atom is 0.300 e. The van der Waals surface area contributed by atoms with Crippen LogP contribution in [0.1, 0.15) is 5.56 Å². The van der Waals surface area contributed by atoms with Crippen LogP contribution in [0.5, 0.6) is 0 Å². The fraction of sp³-hybridized carbons (Fsp3) is 0.125. The number of hydrogen-bond acceptors (Lipinski definition) is 4. The van der Waals surface area contributed by atoms with Gasteiger partial charge in [0.05, 0.1) is 0 Å². The van der Waals surface area contributed by atoms with E-state index in [4.69, 9.17) is 0 Å². The Labute approximate surface area is 87.1 Å². The Kier molecular flexibility index (Phi) is 3.64. The maximum absolute atomic E-state index is 11.0. The highest BCUT2D eigenvalue weighted by Gasteiger charge is 2.07. The zero-order valence-corrected chi connectivity index (χ0v) is 8.45. The zero-order chi connectivity index (χ0) is 11.3. The van der Waals surface area contributed by atoms with Crippen molar-refractivity contribution in [3.05, 3.63) is 35.9 Å². The highest BCUT2D eigenvalue weighted by molar-refractivity contribution is 7.88. The summed E-state index contributed by atoms with van der Waals surface area (Å²) < 4.78 is 25.2. The third-order valence-corrected chi connectivity index (χ3v) is 2.49. The minimum Gasteiger partial charge on any atom is -0.529 e. The van der Waals surface area contributed by atoms with Gasteiger partial charge in [0.15, 0.2) is 0 Å². The van der Waals surface area contributed by atoms with Gasteiger partial charge in [-0.15, -0.1) is 0 Å². The van der Waals surface area contributed by atoms with Gasteiger partial charge in [0.1, 0.15) is 6.09 Å². The van der Waals surface area contributed by atoms with Gasteiger partial charge in [-0.3, -0.25) is 4.72 Å². The van der Waals surface area contributed by atoms with Crippen LogP contribution < -0.4 is 14.6 Å². The molecule has 0 aliphatic rings. The van der Waals surface area contributed by atoms with Crippen molar-refractivity contribution in [3.63, 3.8) is 0 Å². The van der Waals surface area contributed by atoms with E-state index in [9.17, 15) is 18.3 Å². The molecule has 0 saturated heterocycles. The van der Waals surface area contributed by atoms with Gasteiger partial charge in [0, 0.05) is 6.54 Å². The normalized spacial score (nSPS) is 10.9. The van der Waals surface area contributed by atoms with E-state index >= 15 is 0 Å². The molecule has 0 fully saturated rings. The Morgan fingerprint density at radius 2 is 1.87 bits per heavy atom. The molecule has 1 aromatic carbocycles. The van der Waals surface area contributed by atoms with Gasteiger partial charge < -0.3 is 9.90 Å². The lowest BCUT2D eigenvalue weighted by molar-refractivity contribution is -0.248. The second-order valence-electron chi connectivity index (χ2n) is 2.70. The molecular formula is C8H9N2O4S-. The van der Waals surface area contributed by atoms with Crippen molar-refractivity contribution in [1.29, 1.82) is 0 Å². The molecule has 1 aromatic rings. The Morgan fingerprint density at radius 3 is 2.40 bits per heavy atom. The number of amides is 1. The third kappa shape index (κ3) is 4.43. The third-order valence-electron chi connectivity index (χ3n) is 1.53. The number of rotatable bonds is 4. The van der Waals surface area contributed by atoms with Gasteiger partial charge in [0.2, 0.25) is 0 Å². The lowest BCUT2D eigenvalue weighted by Crippen LogP contribution is -2.46. The average molecular weight is 229 g/mol. The van der Waals surface area contributed by atoms with Crippen LogP contribution in [0.4, 0.5) is 4.79 Å². The second kappa shape index (κ2) is 4.76. The molecule has 1 amide bonds. The van der Waals surface area contributed by atoms with Crippen molar-refractivity contribution >= 4 is 16.3 Å². The highest BCUT2D eigenvalue weighted by atomic mass is 32.2. The summed E-state index contributed by atoms with van der Waals surface area (Å²) >= 11 is 0. The number of carboxylic acid groups (broad SMARTS) is 1. The molecule has 0 radical (unpaired) electrons. The molecule has 0 heterocycles. The lowest BCUT2D eigenvalue weighted by atomic mass is 10.2. The molecule has 0 spiro atoms. The van der Waals surface area contributed by atoms with Crippen LogP contribution in [-0.4, -0.2) is 14.5 Å². The predicted molar refractivity (Wildman–Crippen MR) is 50.7 cm³/mol. The predicted octanol–water partition coefficient (Wildman–Crippen LogP) is -1.05. The quantitative estimate of drug-likeness (QED) is 0.688. The molecule has 1 rings (SSSR count). The molecule has 82 valence electrons. The fourth-order valence-corrected chi connectivity index (χ4v) is 1.57. The number of hydrogen-bond donors (Lipinski definition) is 2. The minimum absolute atomic E-state index is 0.0173. The first kappa shape index (κ1) is 11.5. The van der Waals surface area contributed by atoms with E-state index in [1.807, 2.05) is 4.72 Å². The highest BCUT2D eigenvalue weighted by Crippen LogP contribution is 1.97. The summed E-state index contributed by atoms with van der Waals surface area (Å²) in [5.74, 6) is 0. The van der Waals surface area contributed by atoms with Gasteiger partial charge in [-0.2, -0.15) is 13.1 Å². The number of carbonyl (C=O) groups is 1. The molecule has 2 N–H and O–H groups in total. The van der Waals surface area contributed by atoms with Crippen LogP contribution in [0.15, 0.2) is 30.3 Å². The molecule has 0 aliphatic carbocycles. The summed E-state index contributed by atoms with van der Waals surface area (Å²) in [4.78, 5) is 9.98. The van der Waals surface area contributed by atoms with Crippen molar-refractivity contribution in [2.75, 3.05) is 0 Å². The van der Waals surface area contributed by atoms with E-state index in [1.54, 1.807) is 30.3 Å². The number of carbonyl (C=O) groups excluding carboxylic acids is 1. The molecule has 7 heteroatoms. The van der Waals surface area contributed by atoms with Gasteiger partial charge >= 0.3 is 0 Å². The van der Waals surface area contributed by atoms with Crippen LogP contribution in [0.25, 0.3) is 0 Å². The Bertz CT molecular complexity index is 429. The molecule has 6 nitrogen and oxygen atoms in total. The van der Waals surface area contributed by atoms with Gasteiger partial charge in [0.25, 0.3) is 10.2 Å². The summed E-state index contributed by atoms with van der Waals surface area (Å²) in [7, 11) is -4.04. The lowest BCUT2D eigenvalue weighted by Gasteiger charge is -2.08. The zero-order valence-electron chi connectivity index (χ0n) is 7.64. The summed E-state index contributed by atoms with van der Waals surface area (Å²) in [6.45, 7) is 0.0173. The molecule has 0 bridgehead atoms. The second-order valence-corrected chi connectivity index (χ2v) is 4.20. The van der Waals surface area contributed by atoms with E-state index in [-0.39, 0.29) is 6.54 Å². The van der Waals surface area contributed by atoms with E-state index in [0.717, 1.165) is 5.56 Å². The average Bonchev–Trinajstić information content (AvgIpc) is 2.15.